The summed E-state index contributed by atoms with van der Waals surface area (Å²) in [6.07, 6.45) is 8.20. The molecule has 2 aromatic carbocycles. The summed E-state index contributed by atoms with van der Waals surface area (Å²) in [5, 5.41) is 3.13. The first-order valence-corrected chi connectivity index (χ1v) is 14.4. The third-order valence-electron chi connectivity index (χ3n) is 9.09. The summed E-state index contributed by atoms with van der Waals surface area (Å²) in [4.78, 5) is 31.7. The van der Waals surface area contributed by atoms with Crippen molar-refractivity contribution in [2.24, 2.45) is 17.6 Å². The third-order valence-corrected chi connectivity index (χ3v) is 9.09. The number of rotatable bonds is 7. The van der Waals surface area contributed by atoms with Crippen molar-refractivity contribution in [2.75, 3.05) is 19.5 Å². The zero-order valence-electron chi connectivity index (χ0n) is 23.7. The van der Waals surface area contributed by atoms with Gasteiger partial charge in [0.15, 0.2) is 0 Å². The van der Waals surface area contributed by atoms with Gasteiger partial charge in [0.25, 0.3) is 0 Å². The van der Waals surface area contributed by atoms with Crippen molar-refractivity contribution in [1.29, 1.82) is 0 Å². The fraction of sp³-hybridized carbons (Fsp3) is 0.424. The molecule has 1 unspecified atom stereocenters. The second-order valence-electron chi connectivity index (χ2n) is 11.5. The van der Waals surface area contributed by atoms with Crippen LogP contribution in [0.25, 0.3) is 22.4 Å². The number of methoxy groups -OCH3 is 1. The molecule has 3 N–H and O–H groups in total. The summed E-state index contributed by atoms with van der Waals surface area (Å²) < 4.78 is 4.86. The smallest absolute Gasteiger partial charge is 0.409 e. The molecule has 0 bridgehead atoms. The van der Waals surface area contributed by atoms with Crippen LogP contribution >= 0.6 is 0 Å². The molecule has 2 aliphatic rings. The number of aromatic nitrogens is 1. The molecule has 40 heavy (non-hydrogen) atoms. The Kier molecular flexibility index (Phi) is 8.22. The predicted molar refractivity (Wildman–Crippen MR) is 159 cm³/mol. The molecule has 5 rings (SSSR count). The van der Waals surface area contributed by atoms with Crippen LogP contribution in [-0.2, 0) is 15.1 Å². The van der Waals surface area contributed by atoms with Gasteiger partial charge in [-0.3, -0.25) is 9.78 Å². The average Bonchev–Trinajstić information content (AvgIpc) is 2.99. The van der Waals surface area contributed by atoms with E-state index >= 15 is 0 Å². The van der Waals surface area contributed by atoms with Crippen LogP contribution in [0, 0.1) is 11.8 Å². The number of nitrogens with one attached hydrogen (secondary N) is 1. The largest absolute Gasteiger partial charge is 0.453 e. The maximum atomic E-state index is 13.3. The second-order valence-corrected chi connectivity index (χ2v) is 11.5. The average molecular weight is 541 g/mol. The Morgan fingerprint density at radius 1 is 1.02 bits per heavy atom. The minimum absolute atomic E-state index is 0.00331. The first kappa shape index (κ1) is 27.8. The molecule has 7 nitrogen and oxygen atoms in total. The van der Waals surface area contributed by atoms with E-state index in [-0.39, 0.29) is 35.4 Å². The first-order valence-electron chi connectivity index (χ1n) is 14.4. The third kappa shape index (κ3) is 5.75. The number of amides is 2. The van der Waals surface area contributed by atoms with Crippen LogP contribution in [0.3, 0.4) is 0 Å². The number of ether oxygens (including phenoxy) is 1. The van der Waals surface area contributed by atoms with E-state index in [0.717, 1.165) is 60.9 Å². The van der Waals surface area contributed by atoms with E-state index in [1.165, 1.54) is 19.1 Å². The highest BCUT2D eigenvalue weighted by atomic mass is 16.5. The number of nitrogens with two attached hydrogens (primary N) is 1. The van der Waals surface area contributed by atoms with E-state index in [1.807, 2.05) is 31.2 Å². The minimum Gasteiger partial charge on any atom is -0.453 e. The van der Waals surface area contributed by atoms with Gasteiger partial charge in [-0.05, 0) is 68.1 Å². The number of nitrogens with zero attached hydrogens (tertiary/aromatic N) is 2. The number of hydrogen-bond acceptors (Lipinski definition) is 5. The van der Waals surface area contributed by atoms with Crippen LogP contribution in [0.5, 0.6) is 0 Å². The molecule has 210 valence electrons. The number of anilines is 1. The van der Waals surface area contributed by atoms with Crippen molar-refractivity contribution in [1.82, 2.24) is 9.88 Å². The molecule has 0 spiro atoms. The van der Waals surface area contributed by atoms with Crippen LogP contribution in [0.1, 0.15) is 57.4 Å². The fourth-order valence-electron chi connectivity index (χ4n) is 6.16. The van der Waals surface area contributed by atoms with E-state index in [2.05, 4.69) is 41.7 Å². The van der Waals surface area contributed by atoms with Crippen molar-refractivity contribution in [3.8, 4) is 22.4 Å². The number of carbonyl (C=O) groups is 2. The predicted octanol–water partition coefficient (Wildman–Crippen LogP) is 6.59. The monoisotopic (exact) mass is 540 g/mol. The van der Waals surface area contributed by atoms with E-state index in [1.54, 1.807) is 18.1 Å². The van der Waals surface area contributed by atoms with E-state index in [9.17, 15) is 9.59 Å². The van der Waals surface area contributed by atoms with Crippen LogP contribution < -0.4 is 11.1 Å². The maximum absolute atomic E-state index is 13.3. The van der Waals surface area contributed by atoms with Gasteiger partial charge < -0.3 is 20.7 Å². The first-order chi connectivity index (χ1) is 19.3. The Hall–Kier alpha value is -3.71. The van der Waals surface area contributed by atoms with Gasteiger partial charge in [-0.1, -0.05) is 61.5 Å². The minimum atomic E-state index is -0.308. The maximum Gasteiger partial charge on any atom is 0.409 e. The summed E-state index contributed by atoms with van der Waals surface area (Å²) >= 11 is 0. The van der Waals surface area contributed by atoms with Gasteiger partial charge in [-0.15, -0.1) is 0 Å². The molecule has 0 radical (unpaired) electrons. The normalized spacial score (nSPS) is 20.6. The fourth-order valence-corrected chi connectivity index (χ4v) is 6.16. The zero-order valence-corrected chi connectivity index (χ0v) is 23.7. The molecule has 1 heterocycles. The molecule has 2 fully saturated rings. The molecule has 0 saturated heterocycles. The molecule has 2 saturated carbocycles. The number of hydrogen-bond donors (Lipinski definition) is 2. The number of benzene rings is 2. The molecule has 1 aromatic heterocycles. The lowest BCUT2D eigenvalue weighted by atomic mass is 9.72. The van der Waals surface area contributed by atoms with Crippen LogP contribution in [0.4, 0.5) is 10.5 Å². The topological polar surface area (TPSA) is 97.5 Å². The van der Waals surface area contributed by atoms with E-state index in [0.29, 0.717) is 5.69 Å². The Morgan fingerprint density at radius 2 is 1.70 bits per heavy atom. The summed E-state index contributed by atoms with van der Waals surface area (Å²) in [5.74, 6) is 0.117. The lowest BCUT2D eigenvalue weighted by Gasteiger charge is -2.38. The van der Waals surface area contributed by atoms with Crippen LogP contribution in [0.15, 0.2) is 66.9 Å². The van der Waals surface area contributed by atoms with Crippen molar-refractivity contribution >= 4 is 17.7 Å². The second kappa shape index (κ2) is 11.8. The highest BCUT2D eigenvalue weighted by molar-refractivity contribution is 5.94. The lowest BCUT2D eigenvalue weighted by molar-refractivity contribution is -0.121. The van der Waals surface area contributed by atoms with E-state index < -0.39 is 0 Å². The van der Waals surface area contributed by atoms with Gasteiger partial charge in [0.2, 0.25) is 5.91 Å². The van der Waals surface area contributed by atoms with E-state index in [4.69, 9.17) is 15.5 Å². The van der Waals surface area contributed by atoms with Gasteiger partial charge in [-0.25, -0.2) is 4.79 Å². The molecular formula is C33H40N4O3. The summed E-state index contributed by atoms with van der Waals surface area (Å²) in [6.45, 7) is 2.00. The highest BCUT2D eigenvalue weighted by Gasteiger charge is 2.34. The number of pyridine rings is 1. The van der Waals surface area contributed by atoms with Gasteiger partial charge in [0.1, 0.15) is 0 Å². The SMILES string of the molecule is COC(=O)N(C)C1CCC(C(C)C(=O)Nc2cnc(-c3ccc(C4(N)CCC4)cc3)c(-c3ccccc3)c2)CC1. The van der Waals surface area contributed by atoms with Crippen molar-refractivity contribution in [3.63, 3.8) is 0 Å². The Bertz CT molecular complexity index is 1330. The van der Waals surface area contributed by atoms with Crippen molar-refractivity contribution in [2.45, 2.75) is 63.5 Å². The summed E-state index contributed by atoms with van der Waals surface area (Å²) in [6, 6.07) is 20.8. The van der Waals surface area contributed by atoms with Crippen molar-refractivity contribution < 1.29 is 14.3 Å². The standard InChI is InChI=1S/C33H40N4O3/c1-22(23-12-16-28(17-13-23)37(2)32(39)40-3)31(38)36-27-20-29(24-8-5-4-6-9-24)30(35-21-27)25-10-14-26(15-11-25)33(34)18-7-19-33/h4-6,8-11,14-15,20-23,28H,7,12-13,16-19,34H2,1-3H3,(H,36,38). The Labute approximate surface area is 237 Å². The van der Waals surface area contributed by atoms with Gasteiger partial charge in [0.05, 0.1) is 24.7 Å². The quantitative estimate of drug-likeness (QED) is 0.353. The van der Waals surface area contributed by atoms with Crippen LogP contribution in [-0.4, -0.2) is 42.1 Å². The highest BCUT2D eigenvalue weighted by Crippen LogP contribution is 2.40. The molecule has 0 aliphatic heterocycles. The van der Waals surface area contributed by atoms with Crippen molar-refractivity contribution in [3.05, 3.63) is 72.4 Å². The molecule has 2 aliphatic carbocycles. The molecule has 3 aromatic rings. The lowest BCUT2D eigenvalue weighted by Crippen LogP contribution is -2.43. The summed E-state index contributed by atoms with van der Waals surface area (Å²) in [7, 11) is 3.19. The van der Waals surface area contributed by atoms with Gasteiger partial charge >= 0.3 is 6.09 Å². The number of carbonyl (C=O) groups excluding carboxylic acids is 2. The summed E-state index contributed by atoms with van der Waals surface area (Å²) in [5.41, 5.74) is 12.1. The van der Waals surface area contributed by atoms with Gasteiger partial charge in [0, 0.05) is 35.7 Å². The Balaban J connectivity index is 1.31. The molecular weight excluding hydrogens is 500 g/mol. The molecule has 2 amide bonds. The van der Waals surface area contributed by atoms with Crippen LogP contribution in [0.2, 0.25) is 0 Å². The Morgan fingerprint density at radius 3 is 2.30 bits per heavy atom. The molecule has 7 heteroatoms. The molecule has 1 atom stereocenters. The zero-order chi connectivity index (χ0) is 28.3. The van der Waals surface area contributed by atoms with Gasteiger partial charge in [-0.2, -0.15) is 0 Å².